The van der Waals surface area contributed by atoms with E-state index in [9.17, 15) is 9.59 Å². The van der Waals surface area contributed by atoms with Crippen molar-refractivity contribution in [3.8, 4) is 0 Å². The molecule has 1 fully saturated rings. The third-order valence-electron chi connectivity index (χ3n) is 3.90. The third kappa shape index (κ3) is 5.19. The first-order chi connectivity index (χ1) is 9.06. The van der Waals surface area contributed by atoms with E-state index in [4.69, 9.17) is 10.2 Å². The summed E-state index contributed by atoms with van der Waals surface area (Å²) in [5.74, 6) is -1.18. The van der Waals surface area contributed by atoms with Crippen LogP contribution in [-0.2, 0) is 9.59 Å². The van der Waals surface area contributed by atoms with Crippen LogP contribution in [-0.4, -0.2) is 47.2 Å². The van der Waals surface area contributed by atoms with Crippen molar-refractivity contribution >= 4 is 11.9 Å². The summed E-state index contributed by atoms with van der Waals surface area (Å²) in [6, 6.07) is 0. The Morgan fingerprint density at radius 1 is 1.16 bits per heavy atom. The SMILES string of the molecule is CN(CCCCCO)C(=O)C1CCCC(C(=O)O)C1. The van der Waals surface area contributed by atoms with Gasteiger partial charge in [0.15, 0.2) is 0 Å². The van der Waals surface area contributed by atoms with Crippen molar-refractivity contribution in [1.29, 1.82) is 0 Å². The second-order valence-corrected chi connectivity index (χ2v) is 5.44. The molecule has 5 nitrogen and oxygen atoms in total. The topological polar surface area (TPSA) is 77.8 Å². The fourth-order valence-electron chi connectivity index (χ4n) is 2.70. The van der Waals surface area contributed by atoms with Crippen molar-refractivity contribution in [2.75, 3.05) is 20.2 Å². The summed E-state index contributed by atoms with van der Waals surface area (Å²) in [6.45, 7) is 0.883. The number of carboxylic acid groups (broad SMARTS) is 1. The molecular formula is C14H25NO4. The molecule has 0 aliphatic heterocycles. The number of carbonyl (C=O) groups is 2. The van der Waals surface area contributed by atoms with Crippen LogP contribution in [0.1, 0.15) is 44.9 Å². The average molecular weight is 271 g/mol. The lowest BCUT2D eigenvalue weighted by atomic mass is 9.81. The quantitative estimate of drug-likeness (QED) is 0.688. The molecule has 110 valence electrons. The maximum atomic E-state index is 12.2. The summed E-state index contributed by atoms with van der Waals surface area (Å²) in [7, 11) is 1.78. The average Bonchev–Trinajstić information content (AvgIpc) is 2.42. The van der Waals surface area contributed by atoms with Crippen molar-refractivity contribution in [2.45, 2.75) is 44.9 Å². The lowest BCUT2D eigenvalue weighted by molar-refractivity contribution is -0.145. The Balaban J connectivity index is 2.36. The Bertz CT molecular complexity index is 306. The summed E-state index contributed by atoms with van der Waals surface area (Å²) in [6.07, 6.45) is 5.38. The van der Waals surface area contributed by atoms with Crippen LogP contribution < -0.4 is 0 Å². The summed E-state index contributed by atoms with van der Waals surface area (Å²) >= 11 is 0. The maximum Gasteiger partial charge on any atom is 0.306 e. The Kier molecular flexibility index (Phi) is 6.84. The molecule has 0 radical (unpaired) electrons. The first-order valence-corrected chi connectivity index (χ1v) is 7.15. The van der Waals surface area contributed by atoms with Gasteiger partial charge in [0.05, 0.1) is 5.92 Å². The molecule has 2 unspecified atom stereocenters. The van der Waals surface area contributed by atoms with Crippen LogP contribution in [0.5, 0.6) is 0 Å². The monoisotopic (exact) mass is 271 g/mol. The van der Waals surface area contributed by atoms with Crippen molar-refractivity contribution in [3.05, 3.63) is 0 Å². The van der Waals surface area contributed by atoms with E-state index in [0.29, 0.717) is 19.4 Å². The smallest absolute Gasteiger partial charge is 0.306 e. The highest BCUT2D eigenvalue weighted by Gasteiger charge is 2.32. The number of unbranched alkanes of at least 4 members (excludes halogenated alkanes) is 2. The first kappa shape index (κ1) is 16.0. The van der Waals surface area contributed by atoms with E-state index in [2.05, 4.69) is 0 Å². The van der Waals surface area contributed by atoms with Crippen molar-refractivity contribution < 1.29 is 19.8 Å². The molecule has 0 aromatic carbocycles. The molecule has 1 amide bonds. The second-order valence-electron chi connectivity index (χ2n) is 5.44. The predicted octanol–water partition coefficient (Wildman–Crippen LogP) is 1.50. The standard InChI is InChI=1S/C14H25NO4/c1-15(8-3-2-4-9-16)13(17)11-6-5-7-12(10-11)14(18)19/h11-12,16H,2-10H2,1H3,(H,18,19). The fourth-order valence-corrected chi connectivity index (χ4v) is 2.70. The number of nitrogens with zero attached hydrogens (tertiary/aromatic N) is 1. The molecule has 0 spiro atoms. The minimum absolute atomic E-state index is 0.0787. The molecule has 1 aliphatic carbocycles. The zero-order valence-corrected chi connectivity index (χ0v) is 11.7. The zero-order chi connectivity index (χ0) is 14.3. The summed E-state index contributed by atoms with van der Waals surface area (Å²) in [5.41, 5.74) is 0. The molecule has 1 saturated carbocycles. The lowest BCUT2D eigenvalue weighted by Crippen LogP contribution is -2.37. The number of carbonyl (C=O) groups excluding carboxylic acids is 1. The normalized spacial score (nSPS) is 23.1. The molecule has 1 rings (SSSR count). The number of carboxylic acids is 1. The summed E-state index contributed by atoms with van der Waals surface area (Å²) < 4.78 is 0. The van der Waals surface area contributed by atoms with Crippen LogP contribution in [0.2, 0.25) is 0 Å². The molecule has 5 heteroatoms. The molecule has 1 aliphatic rings. The molecule has 0 aromatic heterocycles. The number of amides is 1. The highest BCUT2D eigenvalue weighted by atomic mass is 16.4. The lowest BCUT2D eigenvalue weighted by Gasteiger charge is -2.29. The first-order valence-electron chi connectivity index (χ1n) is 7.15. The van der Waals surface area contributed by atoms with Crippen LogP contribution >= 0.6 is 0 Å². The second kappa shape index (κ2) is 8.15. The Hall–Kier alpha value is -1.10. The van der Waals surface area contributed by atoms with Gasteiger partial charge in [0.1, 0.15) is 0 Å². The van der Waals surface area contributed by atoms with E-state index < -0.39 is 5.97 Å². The molecule has 0 aromatic rings. The number of hydrogen-bond acceptors (Lipinski definition) is 3. The van der Waals surface area contributed by atoms with Crippen LogP contribution in [0.25, 0.3) is 0 Å². The number of hydrogen-bond donors (Lipinski definition) is 2. The number of rotatable bonds is 7. The number of aliphatic hydroxyl groups is 1. The molecule has 2 N–H and O–H groups in total. The number of aliphatic hydroxyl groups excluding tert-OH is 1. The van der Waals surface area contributed by atoms with Gasteiger partial charge in [-0.3, -0.25) is 9.59 Å². The van der Waals surface area contributed by atoms with E-state index in [-0.39, 0.29) is 24.3 Å². The molecular weight excluding hydrogens is 246 g/mol. The molecule has 19 heavy (non-hydrogen) atoms. The van der Waals surface area contributed by atoms with Gasteiger partial charge in [-0.15, -0.1) is 0 Å². The van der Waals surface area contributed by atoms with Gasteiger partial charge in [0.2, 0.25) is 5.91 Å². The van der Waals surface area contributed by atoms with Crippen LogP contribution in [0.4, 0.5) is 0 Å². The van der Waals surface area contributed by atoms with E-state index in [1.54, 1.807) is 11.9 Å². The summed E-state index contributed by atoms with van der Waals surface area (Å²) in [4.78, 5) is 24.9. The van der Waals surface area contributed by atoms with Gasteiger partial charge in [0, 0.05) is 26.1 Å². The van der Waals surface area contributed by atoms with Crippen molar-refractivity contribution in [3.63, 3.8) is 0 Å². The van der Waals surface area contributed by atoms with Gasteiger partial charge in [-0.25, -0.2) is 0 Å². The Labute approximate surface area is 114 Å². The van der Waals surface area contributed by atoms with E-state index in [1.807, 2.05) is 0 Å². The fraction of sp³-hybridized carbons (Fsp3) is 0.857. The minimum atomic E-state index is -0.775. The van der Waals surface area contributed by atoms with Gasteiger partial charge >= 0.3 is 5.97 Å². The number of aliphatic carboxylic acids is 1. The van der Waals surface area contributed by atoms with E-state index in [1.165, 1.54) is 0 Å². The molecule has 0 heterocycles. The van der Waals surface area contributed by atoms with E-state index >= 15 is 0 Å². The summed E-state index contributed by atoms with van der Waals surface area (Å²) in [5, 5.41) is 17.7. The largest absolute Gasteiger partial charge is 0.481 e. The van der Waals surface area contributed by atoms with Crippen LogP contribution in [0, 0.1) is 11.8 Å². The van der Waals surface area contributed by atoms with E-state index in [0.717, 1.165) is 32.1 Å². The van der Waals surface area contributed by atoms with Gasteiger partial charge in [0.25, 0.3) is 0 Å². The van der Waals surface area contributed by atoms with Gasteiger partial charge < -0.3 is 15.1 Å². The van der Waals surface area contributed by atoms with Crippen LogP contribution in [0.3, 0.4) is 0 Å². The van der Waals surface area contributed by atoms with Gasteiger partial charge in [-0.05, 0) is 38.5 Å². The molecule has 0 bridgehead atoms. The van der Waals surface area contributed by atoms with Gasteiger partial charge in [-0.1, -0.05) is 6.42 Å². The minimum Gasteiger partial charge on any atom is -0.481 e. The molecule has 0 saturated heterocycles. The van der Waals surface area contributed by atoms with Crippen molar-refractivity contribution in [2.24, 2.45) is 11.8 Å². The molecule has 2 atom stereocenters. The highest BCUT2D eigenvalue weighted by Crippen LogP contribution is 2.30. The van der Waals surface area contributed by atoms with Crippen molar-refractivity contribution in [1.82, 2.24) is 4.90 Å². The van der Waals surface area contributed by atoms with Crippen LogP contribution in [0.15, 0.2) is 0 Å². The Morgan fingerprint density at radius 2 is 1.84 bits per heavy atom. The third-order valence-corrected chi connectivity index (χ3v) is 3.90. The van der Waals surface area contributed by atoms with Gasteiger partial charge in [-0.2, -0.15) is 0 Å². The zero-order valence-electron chi connectivity index (χ0n) is 11.7. The maximum absolute atomic E-state index is 12.2. The highest BCUT2D eigenvalue weighted by molar-refractivity contribution is 5.80. The Morgan fingerprint density at radius 3 is 2.47 bits per heavy atom. The predicted molar refractivity (Wildman–Crippen MR) is 71.7 cm³/mol.